The Kier molecular flexibility index (Phi) is 44.8. The number of rotatable bonds is 8. The average molecular weight is 369 g/mol. The summed E-state index contributed by atoms with van der Waals surface area (Å²) in [5.74, 6) is 0. The minimum absolute atomic E-state index is 0. The molecular weight excluding hydrogens is 332 g/mol. The SMILES string of the molecule is C.C.COOC.COOC.CO[SiH2]OO[Si](C)(C)[SiH2]OC. The first-order chi connectivity index (χ1) is 8.95. The predicted molar refractivity (Wildman–Crippen MR) is 92.3 cm³/mol. The summed E-state index contributed by atoms with van der Waals surface area (Å²) in [6.45, 7) is 4.18. The predicted octanol–water partition coefficient (Wildman–Crippen LogP) is 0.672. The molecule has 0 unspecified atom stereocenters. The molecule has 11 heteroatoms. The Bertz CT molecular complexity index is 146. The lowest BCUT2D eigenvalue weighted by atomic mass is 11.7. The molecule has 0 heterocycles. The fourth-order valence-corrected chi connectivity index (χ4v) is 5.89. The summed E-state index contributed by atoms with van der Waals surface area (Å²) in [6, 6.07) is 0. The van der Waals surface area contributed by atoms with Crippen molar-refractivity contribution in [2.24, 2.45) is 0 Å². The summed E-state index contributed by atoms with van der Waals surface area (Å²) < 4.78 is 20.1. The Hall–Kier alpha value is 0.331. The van der Waals surface area contributed by atoms with Crippen LogP contribution in [0.25, 0.3) is 0 Å². The van der Waals surface area contributed by atoms with Crippen LogP contribution < -0.4 is 0 Å². The van der Waals surface area contributed by atoms with Gasteiger partial charge in [0.15, 0.2) is 9.28 Å². The van der Waals surface area contributed by atoms with E-state index < -0.39 is 27.1 Å². The number of hydrogen-bond donors (Lipinski definition) is 0. The van der Waals surface area contributed by atoms with Gasteiger partial charge < -0.3 is 8.85 Å². The Morgan fingerprint density at radius 3 is 1.29 bits per heavy atom. The lowest BCUT2D eigenvalue weighted by Gasteiger charge is -2.18. The summed E-state index contributed by atoms with van der Waals surface area (Å²) in [7, 11) is 6.17. The van der Waals surface area contributed by atoms with Crippen molar-refractivity contribution in [2.75, 3.05) is 42.7 Å². The molecule has 0 N–H and O–H groups in total. The normalized spacial score (nSPS) is 10.3. The summed E-state index contributed by atoms with van der Waals surface area (Å²) in [5, 5.41) is 0. The first-order valence-electron chi connectivity index (χ1n) is 5.37. The van der Waals surface area contributed by atoms with Crippen LogP contribution in [-0.2, 0) is 37.6 Å². The first-order valence-corrected chi connectivity index (χ1v) is 12.3. The van der Waals surface area contributed by atoms with E-state index in [4.69, 9.17) is 18.0 Å². The van der Waals surface area contributed by atoms with Crippen molar-refractivity contribution in [2.45, 2.75) is 27.9 Å². The van der Waals surface area contributed by atoms with E-state index in [2.05, 4.69) is 32.6 Å². The van der Waals surface area contributed by atoms with Gasteiger partial charge in [-0.15, -0.1) is 0 Å². The second-order valence-corrected chi connectivity index (χ2v) is 15.0. The molecule has 0 aromatic carbocycles. The first kappa shape index (κ1) is 33.1. The Morgan fingerprint density at radius 1 is 0.667 bits per heavy atom. The second-order valence-electron chi connectivity index (χ2n) is 3.47. The van der Waals surface area contributed by atoms with Crippen molar-refractivity contribution in [1.29, 1.82) is 0 Å². The maximum atomic E-state index is 5.22. The smallest absolute Gasteiger partial charge is 0.342 e. The van der Waals surface area contributed by atoms with Gasteiger partial charge >= 0.3 is 10.0 Å². The van der Waals surface area contributed by atoms with Crippen molar-refractivity contribution < 1.29 is 37.6 Å². The third-order valence-electron chi connectivity index (χ3n) is 1.28. The second kappa shape index (κ2) is 28.5. The van der Waals surface area contributed by atoms with Crippen LogP contribution in [0.2, 0.25) is 13.1 Å². The minimum Gasteiger partial charge on any atom is -0.427 e. The van der Waals surface area contributed by atoms with Gasteiger partial charge in [0, 0.05) is 14.2 Å². The molecule has 0 aromatic rings. The summed E-state index contributed by atoms with van der Waals surface area (Å²) in [6.07, 6.45) is 0. The highest BCUT2D eigenvalue weighted by Gasteiger charge is 2.25. The molecule has 0 fully saturated rings. The highest BCUT2D eigenvalue weighted by Crippen LogP contribution is 2.01. The molecule has 0 bridgehead atoms. The molecule has 8 nitrogen and oxygen atoms in total. The lowest BCUT2D eigenvalue weighted by molar-refractivity contribution is -0.248. The molecule has 0 spiro atoms. The molecule has 136 valence electrons. The zero-order valence-electron chi connectivity index (χ0n) is 13.2. The van der Waals surface area contributed by atoms with E-state index in [1.807, 2.05) is 0 Å². The van der Waals surface area contributed by atoms with Crippen LogP contribution in [0.1, 0.15) is 14.9 Å². The van der Waals surface area contributed by atoms with Crippen LogP contribution in [0.15, 0.2) is 0 Å². The average Bonchev–Trinajstić information content (AvgIpc) is 2.39. The zero-order chi connectivity index (χ0) is 15.6. The third kappa shape index (κ3) is 44.9. The van der Waals surface area contributed by atoms with Crippen molar-refractivity contribution in [3.63, 3.8) is 0 Å². The van der Waals surface area contributed by atoms with E-state index in [9.17, 15) is 0 Å². The summed E-state index contributed by atoms with van der Waals surface area (Å²) in [4.78, 5) is 16.2. The molecule has 21 heavy (non-hydrogen) atoms. The quantitative estimate of drug-likeness (QED) is 0.268. The third-order valence-corrected chi connectivity index (χ3v) is 6.82. The van der Waals surface area contributed by atoms with Gasteiger partial charge in [0.1, 0.15) is 0 Å². The van der Waals surface area contributed by atoms with Crippen LogP contribution in [0.5, 0.6) is 0 Å². The molecule has 0 radical (unpaired) electrons. The fraction of sp³-hybridized carbons (Fsp3) is 1.00. The summed E-state index contributed by atoms with van der Waals surface area (Å²) >= 11 is 0. The monoisotopic (exact) mass is 368 g/mol. The van der Waals surface area contributed by atoms with Gasteiger partial charge in [-0.2, -0.15) is 0 Å². The molecule has 0 aliphatic carbocycles. The molecule has 0 aliphatic rings. The highest BCUT2D eigenvalue weighted by atomic mass is 29.2. The maximum Gasteiger partial charge on any atom is 0.342 e. The van der Waals surface area contributed by atoms with Crippen LogP contribution in [0.4, 0.5) is 0 Å². The van der Waals surface area contributed by atoms with E-state index in [0.29, 0.717) is 0 Å². The molecule has 0 atom stereocenters. The molecule has 0 saturated carbocycles. The summed E-state index contributed by atoms with van der Waals surface area (Å²) in [5.41, 5.74) is 0. The van der Waals surface area contributed by atoms with Crippen LogP contribution in [-0.4, -0.2) is 69.8 Å². The Morgan fingerprint density at radius 2 is 1.05 bits per heavy atom. The van der Waals surface area contributed by atoms with E-state index in [-0.39, 0.29) is 14.9 Å². The topological polar surface area (TPSA) is 73.8 Å². The molecule has 0 saturated heterocycles. The molecule has 0 aliphatic heterocycles. The molecular formula is C10H36O8Si3. The molecule has 0 aromatic heterocycles. The largest absolute Gasteiger partial charge is 0.427 e. The standard InChI is InChI=1S/C4H16O4Si3.2C2H6O2.2CH4/c1-5-9-7-8-11(3,4)10-6-2;2*1-3-4-2;;/h9-10H2,1-4H3;2*1-2H3;2*1H4. The van der Waals surface area contributed by atoms with Crippen molar-refractivity contribution in [1.82, 2.24) is 0 Å². The van der Waals surface area contributed by atoms with Crippen molar-refractivity contribution in [3.8, 4) is 0 Å². The minimum atomic E-state index is -1.59. The van der Waals surface area contributed by atoms with Gasteiger partial charge in [0.05, 0.1) is 28.4 Å². The van der Waals surface area contributed by atoms with Gasteiger partial charge in [-0.1, -0.05) is 14.9 Å². The Labute approximate surface area is 136 Å². The van der Waals surface area contributed by atoms with Gasteiger partial charge in [-0.3, -0.25) is 9.15 Å². The maximum absolute atomic E-state index is 5.22. The Balaban J connectivity index is -0.0000000722. The van der Waals surface area contributed by atoms with E-state index in [0.717, 1.165) is 0 Å². The highest BCUT2D eigenvalue weighted by molar-refractivity contribution is 7.17. The van der Waals surface area contributed by atoms with E-state index >= 15 is 0 Å². The zero-order valence-corrected chi connectivity index (χ0v) is 17.0. The van der Waals surface area contributed by atoms with E-state index in [1.54, 1.807) is 14.2 Å². The lowest BCUT2D eigenvalue weighted by Crippen LogP contribution is -2.40. The van der Waals surface area contributed by atoms with E-state index in [1.165, 1.54) is 28.4 Å². The van der Waals surface area contributed by atoms with Gasteiger partial charge in [0.2, 0.25) is 7.83 Å². The molecule has 0 rings (SSSR count). The van der Waals surface area contributed by atoms with Crippen molar-refractivity contribution >= 4 is 27.1 Å². The van der Waals surface area contributed by atoms with Crippen LogP contribution in [0, 0.1) is 0 Å². The molecule has 0 amide bonds. The van der Waals surface area contributed by atoms with Gasteiger partial charge in [0.25, 0.3) is 0 Å². The van der Waals surface area contributed by atoms with Crippen molar-refractivity contribution in [3.05, 3.63) is 0 Å². The number of hydrogen-bond acceptors (Lipinski definition) is 8. The fourth-order valence-electron chi connectivity index (χ4n) is 0.603. The van der Waals surface area contributed by atoms with Crippen LogP contribution >= 0.6 is 0 Å². The van der Waals surface area contributed by atoms with Gasteiger partial charge in [-0.05, 0) is 13.1 Å². The van der Waals surface area contributed by atoms with Gasteiger partial charge in [-0.25, -0.2) is 19.6 Å². The van der Waals surface area contributed by atoms with Crippen LogP contribution in [0.3, 0.4) is 0 Å².